The van der Waals surface area contributed by atoms with E-state index in [4.69, 9.17) is 5.73 Å². The van der Waals surface area contributed by atoms with Crippen LogP contribution in [0.15, 0.2) is 12.1 Å². The number of hydrogen-bond donors (Lipinski definition) is 1. The van der Waals surface area contributed by atoms with E-state index in [9.17, 15) is 0 Å². The first-order chi connectivity index (χ1) is 6.65. The predicted molar refractivity (Wildman–Crippen MR) is 67.3 cm³/mol. The van der Waals surface area contributed by atoms with Gasteiger partial charge in [0.2, 0.25) is 0 Å². The zero-order chi connectivity index (χ0) is 10.6. The van der Waals surface area contributed by atoms with Crippen LogP contribution in [0.1, 0.15) is 29.5 Å². The quantitative estimate of drug-likeness (QED) is 0.596. The lowest BCUT2D eigenvalue weighted by Crippen LogP contribution is -2.08. The minimum absolute atomic E-state index is 0.803. The molecule has 0 spiro atoms. The van der Waals surface area contributed by atoms with Crippen molar-refractivity contribution in [2.45, 2.75) is 33.1 Å². The van der Waals surface area contributed by atoms with E-state index in [0.717, 1.165) is 19.4 Å². The Kier molecular flexibility index (Phi) is 4.57. The van der Waals surface area contributed by atoms with Gasteiger partial charge in [-0.3, -0.25) is 0 Å². The number of unbranched alkanes of at least 4 members (excludes halogenated alkanes) is 1. The van der Waals surface area contributed by atoms with Crippen LogP contribution in [0.4, 0.5) is 0 Å². The van der Waals surface area contributed by atoms with Crippen LogP contribution in [-0.2, 0) is 6.42 Å². The summed E-state index contributed by atoms with van der Waals surface area (Å²) in [5.74, 6) is 0. The van der Waals surface area contributed by atoms with Crippen molar-refractivity contribution in [3.05, 3.63) is 28.8 Å². The third kappa shape index (κ3) is 3.08. The highest BCUT2D eigenvalue weighted by molar-refractivity contribution is 7.27. The molecule has 1 unspecified atom stereocenters. The molecule has 14 heavy (non-hydrogen) atoms. The molecule has 1 aromatic carbocycles. The van der Waals surface area contributed by atoms with E-state index < -0.39 is 0 Å². The molecule has 0 aliphatic heterocycles. The lowest BCUT2D eigenvalue weighted by Gasteiger charge is -2.09. The maximum absolute atomic E-state index is 5.49. The van der Waals surface area contributed by atoms with Crippen molar-refractivity contribution < 1.29 is 0 Å². The molecule has 0 radical (unpaired) electrons. The molecule has 0 fully saturated rings. The van der Waals surface area contributed by atoms with Crippen LogP contribution in [0.3, 0.4) is 0 Å². The summed E-state index contributed by atoms with van der Waals surface area (Å²) in [5, 5.41) is 1.37. The number of nitrogens with two attached hydrogens (primary N) is 1. The molecule has 0 aliphatic rings. The lowest BCUT2D eigenvalue weighted by molar-refractivity contribution is 0.746. The van der Waals surface area contributed by atoms with E-state index in [1.54, 1.807) is 0 Å². The van der Waals surface area contributed by atoms with Gasteiger partial charge in [0.05, 0.1) is 0 Å². The molecule has 1 aromatic rings. The number of rotatable bonds is 4. The first kappa shape index (κ1) is 11.7. The van der Waals surface area contributed by atoms with Crippen molar-refractivity contribution in [3.63, 3.8) is 0 Å². The smallest absolute Gasteiger partial charge is 0.00772 e. The van der Waals surface area contributed by atoms with Crippen molar-refractivity contribution in [2.24, 2.45) is 5.73 Å². The Hall–Kier alpha value is -0.390. The first-order valence-electron chi connectivity index (χ1n) is 5.21. The third-order valence-electron chi connectivity index (χ3n) is 2.52. The largest absolute Gasteiger partial charge is 0.330 e. The topological polar surface area (TPSA) is 26.0 Å². The summed E-state index contributed by atoms with van der Waals surface area (Å²) in [6, 6.07) is 4.51. The van der Waals surface area contributed by atoms with E-state index in [-0.39, 0.29) is 0 Å². The Morgan fingerprint density at radius 1 is 1.21 bits per heavy atom. The van der Waals surface area contributed by atoms with Gasteiger partial charge >= 0.3 is 0 Å². The molecular formula is C12H20NP. The van der Waals surface area contributed by atoms with Gasteiger partial charge in [-0.15, -0.1) is 9.24 Å². The second-order valence-electron chi connectivity index (χ2n) is 3.90. The van der Waals surface area contributed by atoms with Gasteiger partial charge in [0.15, 0.2) is 0 Å². The van der Waals surface area contributed by atoms with Crippen LogP contribution in [0.25, 0.3) is 0 Å². The molecular weight excluding hydrogens is 189 g/mol. The molecule has 0 heterocycles. The summed E-state index contributed by atoms with van der Waals surface area (Å²) in [6.45, 7) is 5.13. The summed E-state index contributed by atoms with van der Waals surface area (Å²) in [7, 11) is 2.85. The summed E-state index contributed by atoms with van der Waals surface area (Å²) < 4.78 is 0. The van der Waals surface area contributed by atoms with Crippen molar-refractivity contribution in [2.75, 3.05) is 6.54 Å². The molecule has 0 amide bonds. The van der Waals surface area contributed by atoms with Gasteiger partial charge in [-0.05, 0) is 56.1 Å². The van der Waals surface area contributed by atoms with Crippen LogP contribution in [0, 0.1) is 13.8 Å². The standard InChI is InChI=1S/C12H20NP/c1-9-7-10(2)12(14)11(8-9)5-3-4-6-13/h7-8H,3-6,13-14H2,1-2H3. The van der Waals surface area contributed by atoms with E-state index in [1.165, 1.54) is 28.4 Å². The summed E-state index contributed by atoms with van der Waals surface area (Å²) >= 11 is 0. The molecule has 1 rings (SSSR count). The fraction of sp³-hybridized carbons (Fsp3) is 0.500. The average Bonchev–Trinajstić information content (AvgIpc) is 2.13. The highest BCUT2D eigenvalue weighted by Crippen LogP contribution is 2.12. The van der Waals surface area contributed by atoms with Crippen molar-refractivity contribution in [1.82, 2.24) is 0 Å². The van der Waals surface area contributed by atoms with Gasteiger partial charge in [0.25, 0.3) is 0 Å². The Morgan fingerprint density at radius 2 is 1.93 bits per heavy atom. The number of aryl methyl sites for hydroxylation is 3. The second kappa shape index (κ2) is 5.48. The fourth-order valence-electron chi connectivity index (χ4n) is 1.73. The Labute approximate surface area is 89.3 Å². The summed E-state index contributed by atoms with van der Waals surface area (Å²) in [4.78, 5) is 0. The van der Waals surface area contributed by atoms with Crippen LogP contribution >= 0.6 is 9.24 Å². The molecule has 0 saturated carbocycles. The fourth-order valence-corrected chi connectivity index (χ4v) is 2.04. The van der Waals surface area contributed by atoms with Crippen molar-refractivity contribution in [3.8, 4) is 0 Å². The SMILES string of the molecule is Cc1cc(C)c(P)c(CCCCN)c1. The number of hydrogen-bond acceptors (Lipinski definition) is 1. The molecule has 0 saturated heterocycles. The van der Waals surface area contributed by atoms with Gasteiger partial charge in [-0.2, -0.15) is 0 Å². The van der Waals surface area contributed by atoms with Gasteiger partial charge in [-0.1, -0.05) is 17.7 Å². The molecule has 0 bridgehead atoms. The zero-order valence-electron chi connectivity index (χ0n) is 9.14. The van der Waals surface area contributed by atoms with Crippen molar-refractivity contribution in [1.29, 1.82) is 0 Å². The van der Waals surface area contributed by atoms with Gasteiger partial charge in [-0.25, -0.2) is 0 Å². The molecule has 2 N–H and O–H groups in total. The Morgan fingerprint density at radius 3 is 2.57 bits per heavy atom. The normalized spacial score (nSPS) is 10.6. The van der Waals surface area contributed by atoms with Crippen LogP contribution in [0.5, 0.6) is 0 Å². The van der Waals surface area contributed by atoms with Gasteiger partial charge in [0, 0.05) is 0 Å². The minimum atomic E-state index is 0.803. The molecule has 0 aromatic heterocycles. The summed E-state index contributed by atoms with van der Waals surface area (Å²) in [5.41, 5.74) is 9.68. The second-order valence-corrected chi connectivity index (χ2v) is 4.48. The third-order valence-corrected chi connectivity index (χ3v) is 3.34. The molecule has 0 aliphatic carbocycles. The molecule has 1 nitrogen and oxygen atoms in total. The highest BCUT2D eigenvalue weighted by atomic mass is 31.0. The van der Waals surface area contributed by atoms with Crippen LogP contribution in [0.2, 0.25) is 0 Å². The zero-order valence-corrected chi connectivity index (χ0v) is 10.3. The van der Waals surface area contributed by atoms with E-state index in [2.05, 4.69) is 35.2 Å². The van der Waals surface area contributed by atoms with E-state index in [1.807, 2.05) is 0 Å². The molecule has 2 heteroatoms. The lowest BCUT2D eigenvalue weighted by atomic mass is 10.0. The number of benzene rings is 1. The van der Waals surface area contributed by atoms with Crippen LogP contribution in [-0.4, -0.2) is 6.54 Å². The first-order valence-corrected chi connectivity index (χ1v) is 5.78. The van der Waals surface area contributed by atoms with E-state index >= 15 is 0 Å². The summed E-state index contributed by atoms with van der Waals surface area (Å²) in [6.07, 6.45) is 3.47. The van der Waals surface area contributed by atoms with E-state index in [0.29, 0.717) is 0 Å². The van der Waals surface area contributed by atoms with Crippen LogP contribution < -0.4 is 11.0 Å². The molecule has 1 atom stereocenters. The molecule has 78 valence electrons. The Bertz CT molecular complexity index is 307. The monoisotopic (exact) mass is 209 g/mol. The Balaban J connectivity index is 2.75. The highest BCUT2D eigenvalue weighted by Gasteiger charge is 2.02. The predicted octanol–water partition coefficient (Wildman–Crippen LogP) is 2.09. The van der Waals surface area contributed by atoms with Gasteiger partial charge < -0.3 is 5.73 Å². The average molecular weight is 209 g/mol. The maximum atomic E-state index is 5.49. The minimum Gasteiger partial charge on any atom is -0.330 e. The van der Waals surface area contributed by atoms with Gasteiger partial charge in [0.1, 0.15) is 0 Å². The van der Waals surface area contributed by atoms with Crippen molar-refractivity contribution >= 4 is 14.5 Å². The maximum Gasteiger partial charge on any atom is -0.00772 e.